The Morgan fingerprint density at radius 3 is 2.56 bits per heavy atom. The van der Waals surface area contributed by atoms with E-state index in [9.17, 15) is 18.0 Å². The van der Waals surface area contributed by atoms with Crippen molar-refractivity contribution < 1.29 is 18.0 Å². The van der Waals surface area contributed by atoms with Crippen LogP contribution in [0.15, 0.2) is 18.2 Å². The van der Waals surface area contributed by atoms with Crippen molar-refractivity contribution in [2.45, 2.75) is 37.8 Å². The van der Waals surface area contributed by atoms with Crippen LogP contribution in [0.5, 0.6) is 0 Å². The van der Waals surface area contributed by atoms with Gasteiger partial charge in [-0.15, -0.1) is 0 Å². The van der Waals surface area contributed by atoms with Gasteiger partial charge in [-0.1, -0.05) is 24.1 Å². The molecule has 1 nitrogen and oxygen atoms in total. The fraction of sp³-hybridized carbons (Fsp3) is 0.462. The second kappa shape index (κ2) is 4.92. The Morgan fingerprint density at radius 1 is 1.22 bits per heavy atom. The van der Waals surface area contributed by atoms with Gasteiger partial charge in [-0.05, 0) is 30.5 Å². The van der Waals surface area contributed by atoms with E-state index < -0.39 is 17.7 Å². The summed E-state index contributed by atoms with van der Waals surface area (Å²) in [5.74, 6) is -0.735. The van der Waals surface area contributed by atoms with Crippen molar-refractivity contribution in [3.05, 3.63) is 34.3 Å². The van der Waals surface area contributed by atoms with Crippen molar-refractivity contribution in [3.63, 3.8) is 0 Å². The van der Waals surface area contributed by atoms with Crippen LogP contribution in [0.1, 0.15) is 42.7 Å². The average molecular weight is 277 g/mol. The second-order valence-corrected chi connectivity index (χ2v) is 4.93. The topological polar surface area (TPSA) is 17.1 Å². The Morgan fingerprint density at radius 2 is 1.94 bits per heavy atom. The first-order valence-electron chi connectivity index (χ1n) is 5.79. The molecule has 0 N–H and O–H groups in total. The summed E-state index contributed by atoms with van der Waals surface area (Å²) in [6.45, 7) is 0. The third kappa shape index (κ3) is 2.69. The molecule has 1 aromatic carbocycles. The molecule has 1 saturated carbocycles. The van der Waals surface area contributed by atoms with Crippen LogP contribution in [-0.2, 0) is 11.0 Å². The van der Waals surface area contributed by atoms with Crippen LogP contribution in [0.25, 0.3) is 0 Å². The summed E-state index contributed by atoms with van der Waals surface area (Å²) in [6.07, 6.45) is -2.06. The predicted octanol–water partition coefficient (Wildman–Crippen LogP) is 4.59. The van der Waals surface area contributed by atoms with E-state index in [-0.39, 0.29) is 16.4 Å². The highest BCUT2D eigenvalue weighted by molar-refractivity contribution is 6.30. The van der Waals surface area contributed by atoms with Crippen molar-refractivity contribution in [2.24, 2.45) is 0 Å². The van der Waals surface area contributed by atoms with Crippen molar-refractivity contribution in [3.8, 4) is 0 Å². The summed E-state index contributed by atoms with van der Waals surface area (Å²) in [7, 11) is 0. The summed E-state index contributed by atoms with van der Waals surface area (Å²) >= 11 is 5.61. The van der Waals surface area contributed by atoms with Crippen LogP contribution in [-0.4, -0.2) is 5.78 Å². The van der Waals surface area contributed by atoms with Gasteiger partial charge in [0, 0.05) is 17.4 Å². The van der Waals surface area contributed by atoms with Crippen LogP contribution in [0.3, 0.4) is 0 Å². The lowest BCUT2D eigenvalue weighted by atomic mass is 9.81. The lowest BCUT2D eigenvalue weighted by Crippen LogP contribution is -2.21. The molecule has 0 bridgehead atoms. The first-order valence-corrected chi connectivity index (χ1v) is 6.17. The minimum atomic E-state index is -4.47. The van der Waals surface area contributed by atoms with Gasteiger partial charge in [-0.3, -0.25) is 4.79 Å². The van der Waals surface area contributed by atoms with E-state index >= 15 is 0 Å². The number of ketones is 1. The molecular formula is C13H12ClF3O. The highest BCUT2D eigenvalue weighted by Crippen LogP contribution is 2.40. The molecular weight excluding hydrogens is 265 g/mol. The van der Waals surface area contributed by atoms with E-state index in [0.29, 0.717) is 12.8 Å². The SMILES string of the molecule is O=C1CCCCC1c1ccc(Cl)cc1C(F)(F)F. The summed E-state index contributed by atoms with van der Waals surface area (Å²) < 4.78 is 38.8. The second-order valence-electron chi connectivity index (χ2n) is 4.49. The first kappa shape index (κ1) is 13.4. The smallest absolute Gasteiger partial charge is 0.299 e. The molecule has 1 aromatic rings. The normalized spacial score (nSPS) is 21.1. The number of hydrogen-bond donors (Lipinski definition) is 0. The van der Waals surface area contributed by atoms with Crippen molar-refractivity contribution in [1.82, 2.24) is 0 Å². The van der Waals surface area contributed by atoms with Gasteiger partial charge in [-0.25, -0.2) is 0 Å². The molecule has 0 saturated heterocycles. The zero-order valence-corrected chi connectivity index (χ0v) is 10.3. The summed E-state index contributed by atoms with van der Waals surface area (Å²) in [5.41, 5.74) is -0.716. The fourth-order valence-corrected chi connectivity index (χ4v) is 2.56. The molecule has 1 aliphatic carbocycles. The van der Waals surface area contributed by atoms with Crippen LogP contribution in [0.2, 0.25) is 5.02 Å². The van der Waals surface area contributed by atoms with Crippen LogP contribution >= 0.6 is 11.6 Å². The molecule has 1 fully saturated rings. The number of halogens is 4. The number of hydrogen-bond acceptors (Lipinski definition) is 1. The molecule has 98 valence electrons. The van der Waals surface area contributed by atoms with E-state index in [1.54, 1.807) is 0 Å². The average Bonchev–Trinajstić information content (AvgIpc) is 2.29. The Hall–Kier alpha value is -1.03. The lowest BCUT2D eigenvalue weighted by Gasteiger charge is -2.24. The Bertz CT molecular complexity index is 468. The molecule has 0 aromatic heterocycles. The molecule has 0 aliphatic heterocycles. The Balaban J connectivity index is 2.46. The number of carbonyl (C=O) groups is 1. The minimum Gasteiger partial charge on any atom is -0.299 e. The quantitative estimate of drug-likeness (QED) is 0.733. The maximum Gasteiger partial charge on any atom is 0.416 e. The lowest BCUT2D eigenvalue weighted by molar-refractivity contribution is -0.138. The fourth-order valence-electron chi connectivity index (χ4n) is 2.39. The maximum atomic E-state index is 12.9. The third-order valence-corrected chi connectivity index (χ3v) is 3.49. The van der Waals surface area contributed by atoms with Gasteiger partial charge in [0.25, 0.3) is 0 Å². The number of rotatable bonds is 1. The van der Waals surface area contributed by atoms with E-state index in [4.69, 9.17) is 11.6 Å². The van der Waals surface area contributed by atoms with Crippen molar-refractivity contribution in [2.75, 3.05) is 0 Å². The van der Waals surface area contributed by atoms with Crippen molar-refractivity contribution in [1.29, 1.82) is 0 Å². The molecule has 1 aliphatic rings. The van der Waals surface area contributed by atoms with E-state index in [1.807, 2.05) is 0 Å². The Labute approximate surface area is 108 Å². The third-order valence-electron chi connectivity index (χ3n) is 3.25. The molecule has 2 rings (SSSR count). The van der Waals surface area contributed by atoms with E-state index in [1.165, 1.54) is 12.1 Å². The predicted molar refractivity (Wildman–Crippen MR) is 62.7 cm³/mol. The van der Waals surface area contributed by atoms with Crippen LogP contribution in [0, 0.1) is 0 Å². The zero-order valence-electron chi connectivity index (χ0n) is 9.56. The van der Waals surface area contributed by atoms with Gasteiger partial charge in [0.05, 0.1) is 5.56 Å². The van der Waals surface area contributed by atoms with Crippen LogP contribution in [0.4, 0.5) is 13.2 Å². The van der Waals surface area contributed by atoms with E-state index in [0.717, 1.165) is 18.9 Å². The number of benzene rings is 1. The van der Waals surface area contributed by atoms with E-state index in [2.05, 4.69) is 0 Å². The van der Waals surface area contributed by atoms with Gasteiger partial charge >= 0.3 is 6.18 Å². The van der Waals surface area contributed by atoms with Crippen molar-refractivity contribution >= 4 is 17.4 Å². The first-order chi connectivity index (χ1) is 8.39. The molecule has 0 radical (unpaired) electrons. The standard InChI is InChI=1S/C13H12ClF3O/c14-8-5-6-9(11(7-8)13(15,16)17)10-3-1-2-4-12(10)18/h5-7,10H,1-4H2. The van der Waals surface area contributed by atoms with Gasteiger partial charge < -0.3 is 0 Å². The highest BCUT2D eigenvalue weighted by atomic mass is 35.5. The largest absolute Gasteiger partial charge is 0.416 e. The molecule has 18 heavy (non-hydrogen) atoms. The zero-order chi connectivity index (χ0) is 13.3. The molecule has 1 atom stereocenters. The molecule has 1 unspecified atom stereocenters. The van der Waals surface area contributed by atoms with Gasteiger partial charge in [0.15, 0.2) is 0 Å². The molecule has 0 heterocycles. The van der Waals surface area contributed by atoms with Gasteiger partial charge in [0.1, 0.15) is 5.78 Å². The van der Waals surface area contributed by atoms with Gasteiger partial charge in [-0.2, -0.15) is 13.2 Å². The molecule has 0 spiro atoms. The summed E-state index contributed by atoms with van der Waals surface area (Å²) in [5, 5.41) is 0.0364. The Kier molecular flexibility index (Phi) is 3.66. The number of alkyl halides is 3. The monoisotopic (exact) mass is 276 g/mol. The highest BCUT2D eigenvalue weighted by Gasteiger charge is 2.37. The minimum absolute atomic E-state index is 0.0364. The summed E-state index contributed by atoms with van der Waals surface area (Å²) in [6, 6.07) is 3.64. The number of carbonyl (C=O) groups excluding carboxylic acids is 1. The molecule has 5 heteroatoms. The number of Topliss-reactive ketones (excluding diaryl/α,β-unsaturated/α-hetero) is 1. The molecule has 0 amide bonds. The van der Waals surface area contributed by atoms with Gasteiger partial charge in [0.2, 0.25) is 0 Å². The van der Waals surface area contributed by atoms with Crippen LogP contribution < -0.4 is 0 Å². The maximum absolute atomic E-state index is 12.9. The summed E-state index contributed by atoms with van der Waals surface area (Å²) in [4.78, 5) is 11.8.